The number of rotatable bonds is 4. The lowest BCUT2D eigenvalue weighted by molar-refractivity contribution is -0.125. The number of nitrogens with one attached hydrogen (secondary N) is 1. The van der Waals surface area contributed by atoms with Crippen LogP contribution in [0.3, 0.4) is 0 Å². The highest BCUT2D eigenvalue weighted by molar-refractivity contribution is 7.20. The number of aromatic nitrogens is 3. The summed E-state index contributed by atoms with van der Waals surface area (Å²) in [4.78, 5) is 32.8. The highest BCUT2D eigenvalue weighted by Crippen LogP contribution is 2.28. The van der Waals surface area contributed by atoms with Crippen LogP contribution >= 0.6 is 11.3 Å². The molecule has 1 saturated heterocycles. The number of fused-ring (bicyclic) bond motifs is 2. The predicted octanol–water partition coefficient (Wildman–Crippen LogP) is 2.46. The van der Waals surface area contributed by atoms with Gasteiger partial charge in [0.05, 0.1) is 12.2 Å². The Kier molecular flexibility index (Phi) is 5.06. The number of carbonyl (C=O) groups excluding carboxylic acids is 1. The summed E-state index contributed by atoms with van der Waals surface area (Å²) in [6, 6.07) is 3.79. The molecule has 9 heteroatoms. The van der Waals surface area contributed by atoms with Crippen LogP contribution in [0.1, 0.15) is 48.5 Å². The summed E-state index contributed by atoms with van der Waals surface area (Å²) in [5, 5.41) is 8.35. The molecule has 1 aliphatic heterocycles. The van der Waals surface area contributed by atoms with E-state index in [1.807, 2.05) is 19.1 Å². The maximum absolute atomic E-state index is 12.8. The van der Waals surface area contributed by atoms with Gasteiger partial charge in [0.2, 0.25) is 16.0 Å². The molecule has 5 rings (SSSR count). The van der Waals surface area contributed by atoms with Crippen molar-refractivity contribution < 1.29 is 9.21 Å². The average Bonchev–Trinajstić information content (AvgIpc) is 3.38. The minimum Gasteiger partial charge on any atom is -0.465 e. The van der Waals surface area contributed by atoms with Gasteiger partial charge in [-0.05, 0) is 57.6 Å². The third-order valence-electron chi connectivity index (χ3n) is 6.04. The molecule has 0 radical (unpaired) electrons. The van der Waals surface area contributed by atoms with E-state index < -0.39 is 0 Å². The van der Waals surface area contributed by atoms with Gasteiger partial charge in [0.25, 0.3) is 5.56 Å². The van der Waals surface area contributed by atoms with Crippen molar-refractivity contribution in [2.75, 3.05) is 18.0 Å². The summed E-state index contributed by atoms with van der Waals surface area (Å²) < 4.78 is 6.97. The number of piperidine rings is 1. The van der Waals surface area contributed by atoms with E-state index in [2.05, 4.69) is 15.3 Å². The zero-order valence-electron chi connectivity index (χ0n) is 17.0. The number of carbonyl (C=O) groups is 1. The topological polar surface area (TPSA) is 92.7 Å². The molecule has 1 aliphatic carbocycles. The van der Waals surface area contributed by atoms with Crippen LogP contribution in [-0.2, 0) is 24.2 Å². The molecule has 0 spiro atoms. The van der Waals surface area contributed by atoms with Crippen LogP contribution in [0.15, 0.2) is 21.3 Å². The standard InChI is InChI=1S/C21H25N5O3S/c1-13-6-7-15(29-13)12-22-18(27)14-8-10-25(11-9-14)21-24-26-19(28)16-4-2-3-5-17(16)23-20(26)30-21/h6-7,14H,2-5,8-12H2,1H3,(H,22,27). The Labute approximate surface area is 177 Å². The lowest BCUT2D eigenvalue weighted by Gasteiger charge is -2.30. The first-order valence-corrected chi connectivity index (χ1v) is 11.4. The van der Waals surface area contributed by atoms with Gasteiger partial charge in [-0.2, -0.15) is 4.52 Å². The number of amides is 1. The molecule has 1 amide bonds. The van der Waals surface area contributed by atoms with E-state index in [4.69, 9.17) is 9.40 Å². The van der Waals surface area contributed by atoms with Gasteiger partial charge in [-0.15, -0.1) is 5.10 Å². The highest BCUT2D eigenvalue weighted by Gasteiger charge is 2.27. The third-order valence-corrected chi connectivity index (χ3v) is 7.01. The van der Waals surface area contributed by atoms with E-state index in [1.54, 1.807) is 0 Å². The summed E-state index contributed by atoms with van der Waals surface area (Å²) in [5.41, 5.74) is 1.76. The number of aryl methyl sites for hydroxylation is 2. The SMILES string of the molecule is Cc1ccc(CNC(=O)C2CCN(c3nn4c(=O)c5c(nc4s3)CCCC5)CC2)o1. The fraction of sp³-hybridized carbons (Fsp3) is 0.524. The van der Waals surface area contributed by atoms with E-state index in [1.165, 1.54) is 15.9 Å². The highest BCUT2D eigenvalue weighted by atomic mass is 32.1. The molecule has 4 heterocycles. The van der Waals surface area contributed by atoms with E-state index in [-0.39, 0.29) is 17.4 Å². The number of hydrogen-bond donors (Lipinski definition) is 1. The number of anilines is 1. The first-order valence-electron chi connectivity index (χ1n) is 10.6. The average molecular weight is 428 g/mol. The molecular weight excluding hydrogens is 402 g/mol. The zero-order chi connectivity index (χ0) is 20.7. The van der Waals surface area contributed by atoms with Crippen LogP contribution in [0.5, 0.6) is 0 Å². The van der Waals surface area contributed by atoms with Crippen LogP contribution in [-0.4, -0.2) is 33.6 Å². The lowest BCUT2D eigenvalue weighted by atomic mass is 9.96. The van der Waals surface area contributed by atoms with Crippen LogP contribution in [0.4, 0.5) is 5.13 Å². The van der Waals surface area contributed by atoms with Crippen LogP contribution < -0.4 is 15.8 Å². The van der Waals surface area contributed by atoms with Crippen LogP contribution in [0, 0.1) is 12.8 Å². The van der Waals surface area contributed by atoms with Gasteiger partial charge in [-0.25, -0.2) is 4.98 Å². The van der Waals surface area contributed by atoms with Gasteiger partial charge >= 0.3 is 0 Å². The molecule has 158 valence electrons. The van der Waals surface area contributed by atoms with Gasteiger partial charge in [0.1, 0.15) is 11.5 Å². The fourth-order valence-corrected chi connectivity index (χ4v) is 5.29. The molecule has 0 aromatic carbocycles. The van der Waals surface area contributed by atoms with Crippen molar-refractivity contribution in [2.45, 2.75) is 52.0 Å². The Morgan fingerprint density at radius 2 is 2.07 bits per heavy atom. The summed E-state index contributed by atoms with van der Waals surface area (Å²) in [7, 11) is 0. The molecule has 1 N–H and O–H groups in total. The molecule has 3 aromatic rings. The second kappa shape index (κ2) is 7.86. The van der Waals surface area contributed by atoms with Crippen molar-refractivity contribution in [3.8, 4) is 0 Å². The third kappa shape index (κ3) is 3.62. The molecule has 8 nitrogen and oxygen atoms in total. The van der Waals surface area contributed by atoms with Crippen molar-refractivity contribution in [3.05, 3.63) is 45.3 Å². The van der Waals surface area contributed by atoms with Crippen molar-refractivity contribution >= 4 is 27.3 Å². The maximum atomic E-state index is 12.8. The molecular formula is C21H25N5O3S. The fourth-order valence-electron chi connectivity index (χ4n) is 4.32. The second-order valence-electron chi connectivity index (χ2n) is 8.12. The molecule has 0 atom stereocenters. The van der Waals surface area contributed by atoms with Crippen LogP contribution in [0.2, 0.25) is 0 Å². The van der Waals surface area contributed by atoms with E-state index >= 15 is 0 Å². The van der Waals surface area contributed by atoms with Crippen molar-refractivity contribution in [1.82, 2.24) is 19.9 Å². The minimum atomic E-state index is -0.0142. The maximum Gasteiger partial charge on any atom is 0.278 e. The number of hydrogen-bond acceptors (Lipinski definition) is 7. The quantitative estimate of drug-likeness (QED) is 0.688. The number of furan rings is 1. The smallest absolute Gasteiger partial charge is 0.278 e. The van der Waals surface area contributed by atoms with Crippen molar-refractivity contribution in [1.29, 1.82) is 0 Å². The van der Waals surface area contributed by atoms with E-state index in [9.17, 15) is 9.59 Å². The first kappa shape index (κ1) is 19.3. The Balaban J connectivity index is 1.24. The Morgan fingerprint density at radius 1 is 1.27 bits per heavy atom. The first-order chi connectivity index (χ1) is 14.6. The molecule has 30 heavy (non-hydrogen) atoms. The Morgan fingerprint density at radius 3 is 2.83 bits per heavy atom. The van der Waals surface area contributed by atoms with E-state index in [0.717, 1.165) is 79.5 Å². The summed E-state index contributed by atoms with van der Waals surface area (Å²) in [6.45, 7) is 3.80. The molecule has 0 saturated carbocycles. The van der Waals surface area contributed by atoms with Crippen molar-refractivity contribution in [2.24, 2.45) is 5.92 Å². The van der Waals surface area contributed by atoms with E-state index in [0.29, 0.717) is 11.5 Å². The minimum absolute atomic E-state index is 0.0140. The lowest BCUT2D eigenvalue weighted by Crippen LogP contribution is -2.40. The molecule has 2 aliphatic rings. The Bertz CT molecular complexity index is 1140. The summed E-state index contributed by atoms with van der Waals surface area (Å²) >= 11 is 1.46. The molecule has 0 unspecified atom stereocenters. The molecule has 3 aromatic heterocycles. The predicted molar refractivity (Wildman–Crippen MR) is 114 cm³/mol. The normalized spacial score (nSPS) is 17.3. The second-order valence-corrected chi connectivity index (χ2v) is 9.05. The van der Waals surface area contributed by atoms with Gasteiger partial charge < -0.3 is 14.6 Å². The Hall–Kier alpha value is -2.68. The number of nitrogens with zero attached hydrogens (tertiary/aromatic N) is 4. The van der Waals surface area contributed by atoms with Gasteiger partial charge in [-0.3, -0.25) is 9.59 Å². The van der Waals surface area contributed by atoms with Crippen molar-refractivity contribution in [3.63, 3.8) is 0 Å². The summed E-state index contributed by atoms with van der Waals surface area (Å²) in [6.07, 6.45) is 5.34. The van der Waals surface area contributed by atoms with Gasteiger partial charge in [0, 0.05) is 24.6 Å². The zero-order valence-corrected chi connectivity index (χ0v) is 17.8. The van der Waals surface area contributed by atoms with Gasteiger partial charge in [0.15, 0.2) is 0 Å². The van der Waals surface area contributed by atoms with Crippen LogP contribution in [0.25, 0.3) is 4.96 Å². The summed E-state index contributed by atoms with van der Waals surface area (Å²) in [5.74, 6) is 1.67. The van der Waals surface area contributed by atoms with Gasteiger partial charge in [-0.1, -0.05) is 11.3 Å². The largest absolute Gasteiger partial charge is 0.465 e. The molecule has 1 fully saturated rings. The monoisotopic (exact) mass is 427 g/mol. The molecule has 0 bridgehead atoms.